The maximum atomic E-state index is 11.7. The van der Waals surface area contributed by atoms with Crippen molar-refractivity contribution in [3.63, 3.8) is 0 Å². The van der Waals surface area contributed by atoms with E-state index in [4.69, 9.17) is 10.5 Å². The van der Waals surface area contributed by atoms with Crippen LogP contribution in [0, 0.1) is 0 Å². The number of hydrogen-bond acceptors (Lipinski definition) is 4. The number of nitrogens with two attached hydrogens (primary N) is 1. The van der Waals surface area contributed by atoms with Crippen LogP contribution in [-0.4, -0.2) is 42.0 Å². The van der Waals surface area contributed by atoms with Crippen LogP contribution in [0.5, 0.6) is 5.75 Å². The Hall–Kier alpha value is -1.62. The van der Waals surface area contributed by atoms with Gasteiger partial charge in [0.1, 0.15) is 5.75 Å². The number of ether oxygens (including phenoxy) is 1. The first kappa shape index (κ1) is 15.4. The summed E-state index contributed by atoms with van der Waals surface area (Å²) in [7, 11) is 3.41. The Bertz CT molecular complexity index is 404. The molecule has 2 unspecified atom stereocenters. The van der Waals surface area contributed by atoms with E-state index in [1.807, 2.05) is 12.1 Å². The molecule has 0 spiro atoms. The first-order valence-electron chi connectivity index (χ1n) is 6.52. The van der Waals surface area contributed by atoms with Gasteiger partial charge in [-0.05, 0) is 25.5 Å². The Morgan fingerprint density at radius 3 is 2.63 bits per heavy atom. The minimum Gasteiger partial charge on any atom is -0.479 e. The molecule has 1 heterocycles. The number of nitrogens with zero attached hydrogens (tertiary/aromatic N) is 2. The van der Waals surface area contributed by atoms with Crippen molar-refractivity contribution in [1.82, 2.24) is 9.88 Å². The van der Waals surface area contributed by atoms with Crippen LogP contribution in [0.1, 0.15) is 26.0 Å². The third-order valence-electron chi connectivity index (χ3n) is 2.89. The molecule has 2 atom stereocenters. The van der Waals surface area contributed by atoms with Crippen molar-refractivity contribution in [3.8, 4) is 5.75 Å². The topological polar surface area (TPSA) is 68.5 Å². The molecule has 0 aliphatic carbocycles. The highest BCUT2D eigenvalue weighted by Gasteiger charge is 2.16. The summed E-state index contributed by atoms with van der Waals surface area (Å²) in [5.74, 6) is 0.522. The highest BCUT2D eigenvalue weighted by molar-refractivity contribution is 5.80. The predicted octanol–water partition coefficient (Wildman–Crippen LogP) is 1.22. The number of aromatic nitrogens is 1. The number of hydrogen-bond donors (Lipinski definition) is 1. The highest BCUT2D eigenvalue weighted by Crippen LogP contribution is 2.13. The van der Waals surface area contributed by atoms with Crippen molar-refractivity contribution in [2.24, 2.45) is 5.73 Å². The minimum absolute atomic E-state index is 0.0721. The number of pyridine rings is 1. The fraction of sp³-hybridized carbons (Fsp3) is 0.571. The van der Waals surface area contributed by atoms with Gasteiger partial charge in [-0.3, -0.25) is 9.78 Å². The first-order chi connectivity index (χ1) is 8.93. The average molecular weight is 265 g/mol. The van der Waals surface area contributed by atoms with Gasteiger partial charge in [-0.1, -0.05) is 6.92 Å². The summed E-state index contributed by atoms with van der Waals surface area (Å²) < 4.78 is 5.54. The normalized spacial score (nSPS) is 13.7. The van der Waals surface area contributed by atoms with Gasteiger partial charge in [0.05, 0.1) is 6.20 Å². The number of carbonyl (C=O) groups is 1. The van der Waals surface area contributed by atoms with Crippen LogP contribution in [0.15, 0.2) is 18.3 Å². The van der Waals surface area contributed by atoms with Crippen molar-refractivity contribution in [2.75, 3.05) is 14.1 Å². The number of amides is 1. The molecular weight excluding hydrogens is 242 g/mol. The number of carbonyl (C=O) groups excluding carboxylic acids is 1. The summed E-state index contributed by atoms with van der Waals surface area (Å²) in [5, 5.41) is 0. The van der Waals surface area contributed by atoms with E-state index < -0.39 is 6.10 Å². The zero-order valence-corrected chi connectivity index (χ0v) is 12.1. The third-order valence-corrected chi connectivity index (χ3v) is 2.89. The fourth-order valence-electron chi connectivity index (χ4n) is 1.63. The van der Waals surface area contributed by atoms with E-state index in [2.05, 4.69) is 11.9 Å². The lowest BCUT2D eigenvalue weighted by molar-refractivity contribution is -0.135. The molecule has 1 aromatic rings. The SMILES string of the molecule is CCC(N)Cc1ccc(OC(C)C(=O)N(C)C)cn1. The van der Waals surface area contributed by atoms with E-state index in [1.165, 1.54) is 4.90 Å². The fourth-order valence-corrected chi connectivity index (χ4v) is 1.63. The summed E-state index contributed by atoms with van der Waals surface area (Å²) >= 11 is 0. The van der Waals surface area contributed by atoms with E-state index >= 15 is 0 Å². The van der Waals surface area contributed by atoms with Gasteiger partial charge in [0.15, 0.2) is 6.10 Å². The molecule has 19 heavy (non-hydrogen) atoms. The molecule has 0 bridgehead atoms. The Morgan fingerprint density at radius 2 is 2.16 bits per heavy atom. The van der Waals surface area contributed by atoms with Gasteiger partial charge in [0.25, 0.3) is 5.91 Å². The maximum Gasteiger partial charge on any atom is 0.262 e. The average Bonchev–Trinajstić information content (AvgIpc) is 2.39. The van der Waals surface area contributed by atoms with Gasteiger partial charge in [-0.2, -0.15) is 0 Å². The molecule has 0 aliphatic rings. The predicted molar refractivity (Wildman–Crippen MR) is 75.0 cm³/mol. The van der Waals surface area contributed by atoms with Crippen molar-refractivity contribution in [1.29, 1.82) is 0 Å². The van der Waals surface area contributed by atoms with Crippen molar-refractivity contribution in [3.05, 3.63) is 24.0 Å². The number of likely N-dealkylation sites (N-methyl/N-ethyl adjacent to an activating group) is 1. The van der Waals surface area contributed by atoms with Gasteiger partial charge in [0, 0.05) is 32.3 Å². The van der Waals surface area contributed by atoms with Gasteiger partial charge in [-0.15, -0.1) is 0 Å². The van der Waals surface area contributed by atoms with Crippen molar-refractivity contribution >= 4 is 5.91 Å². The summed E-state index contributed by atoms with van der Waals surface area (Å²) in [6.45, 7) is 3.78. The molecule has 0 saturated heterocycles. The second-order valence-electron chi connectivity index (χ2n) is 4.85. The van der Waals surface area contributed by atoms with Gasteiger partial charge >= 0.3 is 0 Å². The molecule has 0 radical (unpaired) electrons. The van der Waals surface area contributed by atoms with Crippen LogP contribution < -0.4 is 10.5 Å². The summed E-state index contributed by atoms with van der Waals surface area (Å²) in [6.07, 6.45) is 2.80. The zero-order valence-electron chi connectivity index (χ0n) is 12.1. The van der Waals surface area contributed by atoms with Crippen LogP contribution in [-0.2, 0) is 11.2 Å². The molecule has 2 N–H and O–H groups in total. The summed E-state index contributed by atoms with van der Waals surface area (Å²) in [6, 6.07) is 3.84. The molecule has 1 rings (SSSR count). The van der Waals surface area contributed by atoms with Crippen molar-refractivity contribution < 1.29 is 9.53 Å². The lowest BCUT2D eigenvalue weighted by Crippen LogP contribution is -2.35. The smallest absolute Gasteiger partial charge is 0.262 e. The van der Waals surface area contributed by atoms with Gasteiger partial charge < -0.3 is 15.4 Å². The molecule has 5 heteroatoms. The first-order valence-corrected chi connectivity index (χ1v) is 6.52. The van der Waals surface area contributed by atoms with E-state index in [0.29, 0.717) is 5.75 Å². The van der Waals surface area contributed by atoms with E-state index in [9.17, 15) is 4.79 Å². The second kappa shape index (κ2) is 7.09. The molecule has 0 saturated carbocycles. The Kier molecular flexibility index (Phi) is 5.76. The Balaban J connectivity index is 2.59. The van der Waals surface area contributed by atoms with E-state index in [1.54, 1.807) is 27.2 Å². The molecule has 1 amide bonds. The standard InChI is InChI=1S/C14H23N3O2/c1-5-11(15)8-12-6-7-13(9-16-12)19-10(2)14(18)17(3)4/h6-7,9-11H,5,8,15H2,1-4H3. The highest BCUT2D eigenvalue weighted by atomic mass is 16.5. The second-order valence-corrected chi connectivity index (χ2v) is 4.85. The van der Waals surface area contributed by atoms with Crippen LogP contribution in [0.3, 0.4) is 0 Å². The molecular formula is C14H23N3O2. The van der Waals surface area contributed by atoms with Crippen LogP contribution in [0.25, 0.3) is 0 Å². The molecule has 0 aromatic carbocycles. The lowest BCUT2D eigenvalue weighted by atomic mass is 10.1. The molecule has 5 nitrogen and oxygen atoms in total. The molecule has 0 aliphatic heterocycles. The Morgan fingerprint density at radius 1 is 1.47 bits per heavy atom. The van der Waals surface area contributed by atoms with Crippen LogP contribution in [0.2, 0.25) is 0 Å². The van der Waals surface area contributed by atoms with Crippen LogP contribution >= 0.6 is 0 Å². The Labute approximate surface area is 114 Å². The lowest BCUT2D eigenvalue weighted by Gasteiger charge is -2.18. The summed E-state index contributed by atoms with van der Waals surface area (Å²) in [4.78, 5) is 17.5. The zero-order chi connectivity index (χ0) is 14.4. The third kappa shape index (κ3) is 4.87. The van der Waals surface area contributed by atoms with Gasteiger partial charge in [0.2, 0.25) is 0 Å². The van der Waals surface area contributed by atoms with Gasteiger partial charge in [-0.25, -0.2) is 0 Å². The number of rotatable bonds is 6. The molecule has 1 aromatic heterocycles. The van der Waals surface area contributed by atoms with Crippen molar-refractivity contribution in [2.45, 2.75) is 38.8 Å². The minimum atomic E-state index is -0.513. The largest absolute Gasteiger partial charge is 0.479 e. The van der Waals surface area contributed by atoms with E-state index in [0.717, 1.165) is 18.5 Å². The van der Waals surface area contributed by atoms with Crippen LogP contribution in [0.4, 0.5) is 0 Å². The summed E-state index contributed by atoms with van der Waals surface area (Å²) in [5.41, 5.74) is 6.81. The monoisotopic (exact) mass is 265 g/mol. The van der Waals surface area contributed by atoms with E-state index in [-0.39, 0.29) is 11.9 Å². The molecule has 106 valence electrons. The quantitative estimate of drug-likeness (QED) is 0.839. The molecule has 0 fully saturated rings. The maximum absolute atomic E-state index is 11.7.